The molecule has 8 nitrogen and oxygen atoms in total. The summed E-state index contributed by atoms with van der Waals surface area (Å²) in [5.41, 5.74) is 2.57. The van der Waals surface area contributed by atoms with Crippen molar-refractivity contribution in [2.45, 2.75) is 57.1 Å². The summed E-state index contributed by atoms with van der Waals surface area (Å²) in [6.45, 7) is 5.42. The van der Waals surface area contributed by atoms with Crippen molar-refractivity contribution >= 4 is 21.8 Å². The first-order valence-corrected chi connectivity index (χ1v) is 14.8. The summed E-state index contributed by atoms with van der Waals surface area (Å²) in [4.78, 5) is 29.2. The topological polar surface area (TPSA) is 96.0 Å². The van der Waals surface area contributed by atoms with Crippen LogP contribution >= 0.6 is 0 Å². The fraction of sp³-hybridized carbons (Fsp3) is 0.355. The second kappa shape index (κ2) is 14.1. The number of hydrogen-bond acceptors (Lipinski definition) is 5. The summed E-state index contributed by atoms with van der Waals surface area (Å²) in [5, 5.41) is 3.02. The van der Waals surface area contributed by atoms with Crippen molar-refractivity contribution in [3.63, 3.8) is 0 Å². The highest BCUT2D eigenvalue weighted by molar-refractivity contribution is 7.89. The molecule has 40 heavy (non-hydrogen) atoms. The van der Waals surface area contributed by atoms with Crippen molar-refractivity contribution in [2.24, 2.45) is 0 Å². The van der Waals surface area contributed by atoms with Crippen LogP contribution in [-0.4, -0.2) is 62.2 Å². The van der Waals surface area contributed by atoms with Crippen LogP contribution in [0.15, 0.2) is 83.8 Å². The van der Waals surface area contributed by atoms with Crippen molar-refractivity contribution in [3.05, 3.63) is 95.6 Å². The summed E-state index contributed by atoms with van der Waals surface area (Å²) >= 11 is 0. The Morgan fingerprint density at radius 2 is 1.60 bits per heavy atom. The maximum absolute atomic E-state index is 13.9. The minimum atomic E-state index is -3.93. The van der Waals surface area contributed by atoms with E-state index in [9.17, 15) is 18.0 Å². The summed E-state index contributed by atoms with van der Waals surface area (Å²) in [6, 6.07) is 22.3. The Balaban J connectivity index is 1.99. The Kier molecular flexibility index (Phi) is 10.9. The van der Waals surface area contributed by atoms with Gasteiger partial charge < -0.3 is 15.0 Å². The number of nitrogens with one attached hydrogen (secondary N) is 1. The molecule has 0 spiro atoms. The molecule has 0 bridgehead atoms. The van der Waals surface area contributed by atoms with Gasteiger partial charge in [-0.25, -0.2) is 8.42 Å². The van der Waals surface area contributed by atoms with Crippen LogP contribution in [0.2, 0.25) is 0 Å². The van der Waals surface area contributed by atoms with E-state index in [0.717, 1.165) is 27.4 Å². The first kappa shape index (κ1) is 30.8. The number of likely N-dealkylation sites (N-methyl/N-ethyl adjacent to an activating group) is 1. The lowest BCUT2D eigenvalue weighted by atomic mass is 10.0. The lowest BCUT2D eigenvalue weighted by Crippen LogP contribution is -2.54. The van der Waals surface area contributed by atoms with Gasteiger partial charge in [0.25, 0.3) is 0 Å². The highest BCUT2D eigenvalue weighted by atomic mass is 32.2. The Bertz CT molecular complexity index is 1380. The third-order valence-electron chi connectivity index (χ3n) is 6.85. The van der Waals surface area contributed by atoms with E-state index < -0.39 is 28.5 Å². The highest BCUT2D eigenvalue weighted by Crippen LogP contribution is 2.20. The number of amides is 2. The molecule has 3 rings (SSSR count). The second-order valence-corrected chi connectivity index (χ2v) is 12.0. The normalized spacial score (nSPS) is 12.9. The molecule has 3 aromatic carbocycles. The first-order valence-electron chi connectivity index (χ1n) is 13.3. The molecule has 0 saturated heterocycles. The Labute approximate surface area is 238 Å². The Morgan fingerprint density at radius 1 is 0.950 bits per heavy atom. The lowest BCUT2D eigenvalue weighted by molar-refractivity contribution is -0.141. The second-order valence-electron chi connectivity index (χ2n) is 9.97. The third kappa shape index (κ3) is 8.16. The van der Waals surface area contributed by atoms with Crippen molar-refractivity contribution in [1.29, 1.82) is 0 Å². The van der Waals surface area contributed by atoms with Gasteiger partial charge in [0.1, 0.15) is 11.8 Å². The molecule has 1 N–H and O–H groups in total. The van der Waals surface area contributed by atoms with Crippen molar-refractivity contribution < 1.29 is 22.7 Å². The molecule has 0 unspecified atom stereocenters. The van der Waals surface area contributed by atoms with E-state index >= 15 is 0 Å². The molecule has 9 heteroatoms. The average Bonchev–Trinajstić information content (AvgIpc) is 2.95. The third-order valence-corrected chi connectivity index (χ3v) is 8.66. The molecule has 2 amide bonds. The summed E-state index contributed by atoms with van der Waals surface area (Å²) < 4.78 is 33.0. The van der Waals surface area contributed by atoms with Crippen LogP contribution in [0.1, 0.15) is 37.0 Å². The number of benzene rings is 3. The van der Waals surface area contributed by atoms with Crippen LogP contribution in [0.3, 0.4) is 0 Å². The zero-order valence-corrected chi connectivity index (χ0v) is 24.6. The average molecular weight is 566 g/mol. The van der Waals surface area contributed by atoms with E-state index in [-0.39, 0.29) is 29.8 Å². The van der Waals surface area contributed by atoms with E-state index in [1.165, 1.54) is 24.1 Å². The zero-order chi connectivity index (χ0) is 29.3. The van der Waals surface area contributed by atoms with Crippen molar-refractivity contribution in [1.82, 2.24) is 14.5 Å². The summed E-state index contributed by atoms with van der Waals surface area (Å²) in [7, 11) is -0.993. The molecule has 3 aromatic rings. The van der Waals surface area contributed by atoms with Gasteiger partial charge in [0.15, 0.2) is 0 Å². The number of sulfonamides is 1. The molecule has 0 aliphatic rings. The molecule has 0 aliphatic carbocycles. The Morgan fingerprint density at radius 3 is 2.23 bits per heavy atom. The zero-order valence-electron chi connectivity index (χ0n) is 23.8. The van der Waals surface area contributed by atoms with Crippen molar-refractivity contribution in [3.8, 4) is 5.75 Å². The SMILES string of the molecule is CC[C@H](C)NC(=O)[C@@H](Cc1ccccc1)N(Cc1cccc(OC)c1)C(=O)CN(C)S(=O)(=O)c1ccc(C)cc1. The molecule has 0 aliphatic heterocycles. The quantitative estimate of drug-likeness (QED) is 0.336. The number of methoxy groups -OCH3 is 1. The number of carbonyl (C=O) groups excluding carboxylic acids is 2. The molecular formula is C31H39N3O5S. The minimum Gasteiger partial charge on any atom is -0.497 e. The van der Waals surface area contributed by atoms with Crippen LogP contribution < -0.4 is 10.1 Å². The smallest absolute Gasteiger partial charge is 0.243 e. The highest BCUT2D eigenvalue weighted by Gasteiger charge is 2.33. The van der Waals surface area contributed by atoms with Gasteiger partial charge in [0.2, 0.25) is 21.8 Å². The fourth-order valence-electron chi connectivity index (χ4n) is 4.22. The number of rotatable bonds is 13. The van der Waals surface area contributed by atoms with Gasteiger partial charge in [-0.15, -0.1) is 0 Å². The van der Waals surface area contributed by atoms with Gasteiger partial charge in [-0.1, -0.05) is 67.1 Å². The van der Waals surface area contributed by atoms with Gasteiger partial charge >= 0.3 is 0 Å². The maximum Gasteiger partial charge on any atom is 0.243 e. The number of ether oxygens (including phenoxy) is 1. The molecule has 0 heterocycles. The predicted octanol–water partition coefficient (Wildman–Crippen LogP) is 4.18. The molecule has 0 radical (unpaired) electrons. The van der Waals surface area contributed by atoms with Crippen LogP contribution in [0.4, 0.5) is 0 Å². The van der Waals surface area contributed by atoms with Crippen LogP contribution in [-0.2, 0) is 32.6 Å². The van der Waals surface area contributed by atoms with Gasteiger partial charge in [0, 0.05) is 26.1 Å². The van der Waals surface area contributed by atoms with Gasteiger partial charge in [-0.3, -0.25) is 9.59 Å². The molecule has 0 saturated carbocycles. The van der Waals surface area contributed by atoms with E-state index in [2.05, 4.69) is 5.32 Å². The lowest BCUT2D eigenvalue weighted by Gasteiger charge is -2.33. The monoisotopic (exact) mass is 565 g/mol. The van der Waals surface area contributed by atoms with E-state index in [0.29, 0.717) is 5.75 Å². The number of aryl methyl sites for hydroxylation is 1. The standard InChI is InChI=1S/C31H39N3O5S/c1-6-24(3)32-31(36)29(20-25-11-8-7-9-12-25)34(21-26-13-10-14-27(19-26)39-5)30(35)22-33(4)40(37,38)28-17-15-23(2)16-18-28/h7-19,24,29H,6,20-22H2,1-5H3,(H,32,36)/t24-,29+/m0/s1. The van der Waals surface area contributed by atoms with E-state index in [4.69, 9.17) is 4.74 Å². The molecule has 2 atom stereocenters. The van der Waals surface area contributed by atoms with Gasteiger partial charge in [-0.05, 0) is 55.7 Å². The number of carbonyl (C=O) groups is 2. The first-order chi connectivity index (χ1) is 19.0. The number of nitrogens with zero attached hydrogens (tertiary/aromatic N) is 2. The molecule has 0 fully saturated rings. The number of hydrogen-bond donors (Lipinski definition) is 1. The van der Waals surface area contributed by atoms with Gasteiger partial charge in [0.05, 0.1) is 18.6 Å². The maximum atomic E-state index is 13.9. The predicted molar refractivity (Wildman–Crippen MR) is 156 cm³/mol. The molecule has 0 aromatic heterocycles. The Hall–Kier alpha value is -3.69. The molecular weight excluding hydrogens is 526 g/mol. The fourth-order valence-corrected chi connectivity index (χ4v) is 5.34. The van der Waals surface area contributed by atoms with Crippen LogP contribution in [0.5, 0.6) is 5.75 Å². The summed E-state index contributed by atoms with van der Waals surface area (Å²) in [5.74, 6) is -0.160. The molecule has 214 valence electrons. The van der Waals surface area contributed by atoms with E-state index in [1.807, 2.05) is 63.2 Å². The van der Waals surface area contributed by atoms with Crippen LogP contribution in [0.25, 0.3) is 0 Å². The minimum absolute atomic E-state index is 0.0934. The van der Waals surface area contributed by atoms with E-state index in [1.54, 1.807) is 31.4 Å². The summed E-state index contributed by atoms with van der Waals surface area (Å²) in [6.07, 6.45) is 0.998. The van der Waals surface area contributed by atoms with Crippen LogP contribution in [0, 0.1) is 6.92 Å². The van der Waals surface area contributed by atoms with Crippen molar-refractivity contribution in [2.75, 3.05) is 20.7 Å². The largest absolute Gasteiger partial charge is 0.497 e. The van der Waals surface area contributed by atoms with Gasteiger partial charge in [-0.2, -0.15) is 4.31 Å².